The van der Waals surface area contributed by atoms with Gasteiger partial charge in [0.1, 0.15) is 5.75 Å². The van der Waals surface area contributed by atoms with Gasteiger partial charge in [-0.25, -0.2) is 0 Å². The summed E-state index contributed by atoms with van der Waals surface area (Å²) in [5.41, 5.74) is 1.16. The quantitative estimate of drug-likeness (QED) is 0.699. The van der Waals surface area contributed by atoms with E-state index in [-0.39, 0.29) is 11.9 Å². The molecule has 1 saturated heterocycles. The highest BCUT2D eigenvalue weighted by molar-refractivity contribution is 5.77. The molecule has 1 aliphatic heterocycles. The Balaban J connectivity index is 1.57. The van der Waals surface area contributed by atoms with Gasteiger partial charge in [0.05, 0.1) is 32.8 Å². The Labute approximate surface area is 160 Å². The summed E-state index contributed by atoms with van der Waals surface area (Å²) >= 11 is 0. The minimum absolute atomic E-state index is 0.126. The Morgan fingerprint density at radius 3 is 2.52 bits per heavy atom. The number of para-hydroxylation sites is 2. The Kier molecular flexibility index (Phi) is 6.58. The third-order valence-corrected chi connectivity index (χ3v) is 4.79. The molecule has 5 nitrogen and oxygen atoms in total. The van der Waals surface area contributed by atoms with Crippen molar-refractivity contribution in [1.29, 1.82) is 0 Å². The summed E-state index contributed by atoms with van der Waals surface area (Å²) in [4.78, 5) is 14.7. The molecule has 1 aliphatic rings. The second kappa shape index (κ2) is 9.31. The van der Waals surface area contributed by atoms with Gasteiger partial charge in [-0.1, -0.05) is 24.3 Å². The zero-order chi connectivity index (χ0) is 19.1. The summed E-state index contributed by atoms with van der Waals surface area (Å²) in [5.74, 6) is 2.33. The van der Waals surface area contributed by atoms with Crippen LogP contribution >= 0.6 is 0 Å². The Morgan fingerprint density at radius 1 is 1.07 bits per heavy atom. The number of ether oxygens (including phenoxy) is 3. The molecule has 0 spiro atoms. The third kappa shape index (κ3) is 4.73. The van der Waals surface area contributed by atoms with Gasteiger partial charge in [-0.05, 0) is 49.6 Å². The average Bonchev–Trinajstić information content (AvgIpc) is 3.19. The molecule has 2 aromatic carbocycles. The van der Waals surface area contributed by atoms with Gasteiger partial charge in [-0.15, -0.1) is 0 Å². The largest absolute Gasteiger partial charge is 0.494 e. The fourth-order valence-electron chi connectivity index (χ4n) is 3.49. The van der Waals surface area contributed by atoms with E-state index in [9.17, 15) is 4.79 Å². The van der Waals surface area contributed by atoms with Crippen LogP contribution in [0.4, 0.5) is 0 Å². The molecule has 0 bridgehead atoms. The van der Waals surface area contributed by atoms with Crippen LogP contribution in [0.1, 0.15) is 37.8 Å². The average molecular weight is 369 g/mol. The lowest BCUT2D eigenvalue weighted by atomic mass is 10.0. The van der Waals surface area contributed by atoms with Crippen LogP contribution < -0.4 is 14.2 Å². The molecule has 1 fully saturated rings. The Hall–Kier alpha value is -2.69. The molecule has 1 heterocycles. The Morgan fingerprint density at radius 2 is 1.81 bits per heavy atom. The number of rotatable bonds is 8. The summed E-state index contributed by atoms with van der Waals surface area (Å²) < 4.78 is 16.5. The molecule has 0 N–H and O–H groups in total. The van der Waals surface area contributed by atoms with Crippen LogP contribution in [0, 0.1) is 0 Å². The van der Waals surface area contributed by atoms with Gasteiger partial charge in [0.25, 0.3) is 0 Å². The van der Waals surface area contributed by atoms with E-state index < -0.39 is 0 Å². The van der Waals surface area contributed by atoms with E-state index >= 15 is 0 Å². The molecule has 1 atom stereocenters. The zero-order valence-corrected chi connectivity index (χ0v) is 16.0. The lowest BCUT2D eigenvalue weighted by Crippen LogP contribution is -2.31. The molecule has 144 valence electrons. The minimum atomic E-state index is 0.126. The molecule has 0 aromatic heterocycles. The van der Waals surface area contributed by atoms with Crippen molar-refractivity contribution in [3.8, 4) is 17.2 Å². The molecule has 1 amide bonds. The van der Waals surface area contributed by atoms with Crippen molar-refractivity contribution < 1.29 is 19.0 Å². The van der Waals surface area contributed by atoms with Gasteiger partial charge in [-0.2, -0.15) is 0 Å². The van der Waals surface area contributed by atoms with Gasteiger partial charge < -0.3 is 19.1 Å². The second-order valence-corrected chi connectivity index (χ2v) is 6.50. The van der Waals surface area contributed by atoms with Gasteiger partial charge in [-0.3, -0.25) is 4.79 Å². The van der Waals surface area contributed by atoms with Crippen molar-refractivity contribution in [3.63, 3.8) is 0 Å². The van der Waals surface area contributed by atoms with Crippen LogP contribution in [-0.4, -0.2) is 37.7 Å². The van der Waals surface area contributed by atoms with Crippen LogP contribution in [0.25, 0.3) is 0 Å². The topological polar surface area (TPSA) is 48.0 Å². The molecule has 3 rings (SSSR count). The van der Waals surface area contributed by atoms with Crippen molar-refractivity contribution in [2.45, 2.75) is 32.2 Å². The molecule has 0 radical (unpaired) electrons. The lowest BCUT2D eigenvalue weighted by molar-refractivity contribution is -0.132. The minimum Gasteiger partial charge on any atom is -0.494 e. The monoisotopic (exact) mass is 369 g/mol. The fourth-order valence-corrected chi connectivity index (χ4v) is 3.49. The maximum atomic E-state index is 12.7. The molecule has 2 aromatic rings. The fraction of sp³-hybridized carbons (Fsp3) is 0.409. The van der Waals surface area contributed by atoms with Crippen molar-refractivity contribution in [3.05, 3.63) is 54.1 Å². The third-order valence-electron chi connectivity index (χ3n) is 4.79. The van der Waals surface area contributed by atoms with Crippen LogP contribution in [-0.2, 0) is 4.79 Å². The number of likely N-dealkylation sites (tertiary alicyclic amines) is 1. The predicted molar refractivity (Wildman–Crippen MR) is 104 cm³/mol. The van der Waals surface area contributed by atoms with Crippen molar-refractivity contribution >= 4 is 5.91 Å². The highest BCUT2D eigenvalue weighted by Crippen LogP contribution is 2.33. The van der Waals surface area contributed by atoms with Crippen LogP contribution in [0.15, 0.2) is 48.5 Å². The van der Waals surface area contributed by atoms with Gasteiger partial charge in [0.2, 0.25) is 5.91 Å². The van der Waals surface area contributed by atoms with Gasteiger partial charge in [0.15, 0.2) is 11.5 Å². The number of methoxy groups -OCH3 is 1. The summed E-state index contributed by atoms with van der Waals surface area (Å²) in [6, 6.07) is 15.7. The number of carbonyl (C=O) groups is 1. The molecular weight excluding hydrogens is 342 g/mol. The summed E-state index contributed by atoms with van der Waals surface area (Å²) in [7, 11) is 1.61. The smallest absolute Gasteiger partial charge is 0.226 e. The van der Waals surface area contributed by atoms with E-state index in [2.05, 4.69) is 12.1 Å². The molecule has 1 unspecified atom stereocenters. The molecule has 0 aliphatic carbocycles. The maximum absolute atomic E-state index is 12.7. The molecule has 5 heteroatoms. The number of nitrogens with zero attached hydrogens (tertiary/aromatic N) is 1. The van der Waals surface area contributed by atoms with E-state index in [4.69, 9.17) is 14.2 Å². The molecular formula is C22H27NO4. The van der Waals surface area contributed by atoms with Gasteiger partial charge in [0, 0.05) is 6.54 Å². The summed E-state index contributed by atoms with van der Waals surface area (Å²) in [6.45, 7) is 3.76. The van der Waals surface area contributed by atoms with E-state index in [0.29, 0.717) is 31.1 Å². The number of benzene rings is 2. The normalized spacial score (nSPS) is 16.2. The van der Waals surface area contributed by atoms with Crippen molar-refractivity contribution in [2.75, 3.05) is 26.9 Å². The lowest BCUT2D eigenvalue weighted by Gasteiger charge is -2.25. The number of carbonyl (C=O) groups excluding carboxylic acids is 1. The molecule has 0 saturated carbocycles. The summed E-state index contributed by atoms with van der Waals surface area (Å²) in [5, 5.41) is 0. The van der Waals surface area contributed by atoms with E-state index in [0.717, 1.165) is 30.7 Å². The SMILES string of the molecule is CCOc1ccc(C2CCCN2C(=O)CCOc2ccccc2OC)cc1. The second-order valence-electron chi connectivity index (χ2n) is 6.50. The molecule has 27 heavy (non-hydrogen) atoms. The maximum Gasteiger partial charge on any atom is 0.226 e. The standard InChI is InChI=1S/C22H27NO4/c1-3-26-18-12-10-17(11-13-18)19-7-6-15-23(19)22(24)14-16-27-21-9-5-4-8-20(21)25-2/h4-5,8-13,19H,3,6-7,14-16H2,1-2H3. The first kappa shape index (κ1) is 19.1. The Bertz CT molecular complexity index is 744. The van der Waals surface area contributed by atoms with E-state index in [1.54, 1.807) is 7.11 Å². The van der Waals surface area contributed by atoms with Gasteiger partial charge >= 0.3 is 0 Å². The predicted octanol–water partition coefficient (Wildman–Crippen LogP) is 4.23. The highest BCUT2D eigenvalue weighted by atomic mass is 16.5. The zero-order valence-electron chi connectivity index (χ0n) is 16.0. The van der Waals surface area contributed by atoms with Crippen LogP contribution in [0.3, 0.4) is 0 Å². The van der Waals surface area contributed by atoms with Crippen LogP contribution in [0.2, 0.25) is 0 Å². The first-order valence-electron chi connectivity index (χ1n) is 9.51. The number of hydrogen-bond acceptors (Lipinski definition) is 4. The first-order valence-corrected chi connectivity index (χ1v) is 9.51. The van der Waals surface area contributed by atoms with E-state index in [1.807, 2.05) is 48.2 Å². The van der Waals surface area contributed by atoms with Crippen molar-refractivity contribution in [1.82, 2.24) is 4.90 Å². The summed E-state index contributed by atoms with van der Waals surface area (Å²) in [6.07, 6.45) is 2.37. The first-order chi connectivity index (χ1) is 13.2. The van der Waals surface area contributed by atoms with Crippen LogP contribution in [0.5, 0.6) is 17.2 Å². The number of hydrogen-bond donors (Lipinski definition) is 0. The van der Waals surface area contributed by atoms with E-state index in [1.165, 1.54) is 0 Å². The highest BCUT2D eigenvalue weighted by Gasteiger charge is 2.29. The van der Waals surface area contributed by atoms with Crippen molar-refractivity contribution in [2.24, 2.45) is 0 Å². The number of amides is 1.